The van der Waals surface area contributed by atoms with Crippen LogP contribution >= 0.6 is 0 Å². The van der Waals surface area contributed by atoms with E-state index >= 15 is 0 Å². The smallest absolute Gasteiger partial charge is 0.475 e. The molecule has 3 aliphatic rings. The minimum Gasteiger partial charge on any atom is -0.475 e. The average molecular weight is 651 g/mol. The van der Waals surface area contributed by atoms with Crippen molar-refractivity contribution < 1.29 is 60.2 Å². The summed E-state index contributed by atoms with van der Waals surface area (Å²) in [6, 6.07) is 7.54. The Morgan fingerprint density at radius 2 is 1.53 bits per heavy atom. The number of rotatable bonds is 4. The molecule has 248 valence electrons. The van der Waals surface area contributed by atoms with Crippen LogP contribution in [0, 0.1) is 10.8 Å². The van der Waals surface area contributed by atoms with E-state index in [1.165, 1.54) is 11.8 Å². The van der Waals surface area contributed by atoms with Gasteiger partial charge in [-0.05, 0) is 49.9 Å². The Hall–Kier alpha value is -4.15. The number of pyridine rings is 1. The number of halogens is 6. The fraction of sp³-hybridized carbons (Fsp3) is 0.536. The maximum atomic E-state index is 13.6. The van der Waals surface area contributed by atoms with E-state index in [9.17, 15) is 35.9 Å². The monoisotopic (exact) mass is 650 g/mol. The van der Waals surface area contributed by atoms with Crippen molar-refractivity contribution in [3.63, 3.8) is 0 Å². The predicted molar refractivity (Wildman–Crippen MR) is 142 cm³/mol. The predicted octanol–water partition coefficient (Wildman–Crippen LogP) is 3.92. The van der Waals surface area contributed by atoms with Crippen molar-refractivity contribution in [2.45, 2.75) is 45.1 Å². The first kappa shape index (κ1) is 35.3. The van der Waals surface area contributed by atoms with Gasteiger partial charge in [-0.1, -0.05) is 6.07 Å². The van der Waals surface area contributed by atoms with E-state index in [-0.39, 0.29) is 16.7 Å². The molecule has 2 aromatic heterocycles. The van der Waals surface area contributed by atoms with E-state index < -0.39 is 24.3 Å². The Balaban J connectivity index is 0.000000331. The van der Waals surface area contributed by atoms with E-state index in [1.54, 1.807) is 18.3 Å². The Kier molecular flexibility index (Phi) is 10.9. The van der Waals surface area contributed by atoms with E-state index in [4.69, 9.17) is 24.2 Å². The number of aliphatic carboxylic acids is 2. The summed E-state index contributed by atoms with van der Waals surface area (Å²) in [4.78, 5) is 54.8. The highest BCUT2D eigenvalue weighted by Gasteiger charge is 2.65. The quantitative estimate of drug-likeness (QED) is 0.471. The molecule has 0 saturated carbocycles. The van der Waals surface area contributed by atoms with Crippen LogP contribution in [0.25, 0.3) is 0 Å². The van der Waals surface area contributed by atoms with Crippen LogP contribution in [0.2, 0.25) is 0 Å². The summed E-state index contributed by atoms with van der Waals surface area (Å²) in [7, 11) is 0. The summed E-state index contributed by atoms with van der Waals surface area (Å²) in [5.74, 6) is -4.86. The number of fused-ring (bicyclic) bond motifs is 1. The molecular weight excluding hydrogens is 618 g/mol. The number of nitrogens with zero attached hydrogens (tertiary/aromatic N) is 4. The normalized spacial score (nSPS) is 21.3. The third kappa shape index (κ3) is 8.12. The maximum Gasteiger partial charge on any atom is 0.490 e. The summed E-state index contributed by atoms with van der Waals surface area (Å²) >= 11 is 0. The average Bonchev–Trinajstić information content (AvgIpc) is 3.69. The van der Waals surface area contributed by atoms with Crippen LogP contribution in [0.15, 0.2) is 47.3 Å². The second kappa shape index (κ2) is 13.9. The Morgan fingerprint density at radius 3 is 1.98 bits per heavy atom. The van der Waals surface area contributed by atoms with Crippen LogP contribution in [0.4, 0.5) is 26.3 Å². The number of carboxylic acid groups (broad SMARTS) is 2. The Bertz CT molecular complexity index is 1310. The number of carbonyl (C=O) groups excluding carboxylic acids is 2. The molecule has 2 N–H and O–H groups in total. The highest BCUT2D eigenvalue weighted by atomic mass is 19.4. The van der Waals surface area contributed by atoms with Gasteiger partial charge >= 0.3 is 24.3 Å². The largest absolute Gasteiger partial charge is 0.490 e. The number of likely N-dealkylation sites (tertiary alicyclic amines) is 3. The molecule has 0 bridgehead atoms. The minimum absolute atomic E-state index is 0.0490. The number of piperidine rings is 1. The van der Waals surface area contributed by atoms with Crippen molar-refractivity contribution in [1.29, 1.82) is 0 Å². The molecule has 1 atom stereocenters. The molecule has 2 aromatic rings. The lowest BCUT2D eigenvalue weighted by molar-refractivity contribution is -0.193. The molecule has 2 spiro atoms. The lowest BCUT2D eigenvalue weighted by Crippen LogP contribution is -2.53. The van der Waals surface area contributed by atoms with Gasteiger partial charge in [0.15, 0.2) is 5.76 Å². The van der Waals surface area contributed by atoms with E-state index in [0.29, 0.717) is 24.8 Å². The van der Waals surface area contributed by atoms with Gasteiger partial charge in [0, 0.05) is 63.6 Å². The molecule has 3 saturated heterocycles. The molecule has 17 heteroatoms. The fourth-order valence-electron chi connectivity index (χ4n) is 6.15. The summed E-state index contributed by atoms with van der Waals surface area (Å²) < 4.78 is 68.8. The molecule has 0 aliphatic carbocycles. The number of amides is 2. The first-order chi connectivity index (χ1) is 21.0. The molecule has 2 amide bonds. The van der Waals surface area contributed by atoms with Gasteiger partial charge < -0.3 is 24.4 Å². The molecule has 3 aliphatic heterocycles. The van der Waals surface area contributed by atoms with Crippen LogP contribution in [0.1, 0.15) is 42.3 Å². The molecule has 11 nitrogen and oxygen atoms in total. The molecule has 5 rings (SSSR count). The van der Waals surface area contributed by atoms with Gasteiger partial charge in [0.2, 0.25) is 5.91 Å². The second-order valence-corrected chi connectivity index (χ2v) is 10.9. The zero-order valence-electron chi connectivity index (χ0n) is 24.1. The van der Waals surface area contributed by atoms with Gasteiger partial charge in [0.05, 0.1) is 11.7 Å². The molecule has 0 aromatic carbocycles. The van der Waals surface area contributed by atoms with Crippen molar-refractivity contribution in [2.24, 2.45) is 10.8 Å². The summed E-state index contributed by atoms with van der Waals surface area (Å²) in [5, 5.41) is 14.2. The first-order valence-electron chi connectivity index (χ1n) is 13.8. The number of hydrogen-bond acceptors (Lipinski definition) is 7. The van der Waals surface area contributed by atoms with Gasteiger partial charge in [-0.25, -0.2) is 9.59 Å². The van der Waals surface area contributed by atoms with Crippen molar-refractivity contribution in [3.8, 4) is 0 Å². The van der Waals surface area contributed by atoms with Gasteiger partial charge in [0.1, 0.15) is 0 Å². The van der Waals surface area contributed by atoms with Crippen LogP contribution in [-0.4, -0.2) is 105 Å². The number of furan rings is 1. The Morgan fingerprint density at radius 1 is 0.933 bits per heavy atom. The minimum atomic E-state index is -5.08. The number of aromatic nitrogens is 1. The van der Waals surface area contributed by atoms with Crippen LogP contribution < -0.4 is 0 Å². The standard InChI is InChI=1S/C24H30N4O3.2C2HF3O2/c1-2-27-13-9-24(22(27)30)18-26(16-19-5-3-10-25-15-19)17-23(24)7-11-28(12-8-23)21(29)20-6-4-14-31-20;2*3-2(4,5)1(6)7/h3-6,10,14-15H,2,7-9,11-13,16-18H2,1H3;2*(H,6,7). The third-order valence-corrected chi connectivity index (χ3v) is 8.28. The maximum absolute atomic E-state index is 13.6. The molecule has 0 radical (unpaired) electrons. The van der Waals surface area contributed by atoms with Gasteiger partial charge in [-0.15, -0.1) is 0 Å². The third-order valence-electron chi connectivity index (χ3n) is 8.28. The number of alkyl halides is 6. The van der Waals surface area contributed by atoms with Crippen molar-refractivity contribution in [1.82, 2.24) is 19.7 Å². The van der Waals surface area contributed by atoms with Crippen LogP contribution in [0.5, 0.6) is 0 Å². The highest BCUT2D eigenvalue weighted by Crippen LogP contribution is 2.58. The fourth-order valence-corrected chi connectivity index (χ4v) is 6.15. The lowest BCUT2D eigenvalue weighted by atomic mass is 9.60. The molecular formula is C28H32F6N4O7. The topological polar surface area (TPSA) is 144 Å². The molecule has 5 heterocycles. The van der Waals surface area contributed by atoms with Gasteiger partial charge in [-0.3, -0.25) is 19.5 Å². The number of carbonyl (C=O) groups is 4. The lowest BCUT2D eigenvalue weighted by Gasteiger charge is -2.46. The molecule has 3 fully saturated rings. The first-order valence-corrected chi connectivity index (χ1v) is 13.8. The highest BCUT2D eigenvalue weighted by molar-refractivity contribution is 5.91. The van der Waals surface area contributed by atoms with Gasteiger partial charge in [0.25, 0.3) is 5.91 Å². The number of hydrogen-bond donors (Lipinski definition) is 2. The zero-order chi connectivity index (χ0) is 33.6. The van der Waals surface area contributed by atoms with Crippen molar-refractivity contribution in [2.75, 3.05) is 39.3 Å². The van der Waals surface area contributed by atoms with Crippen molar-refractivity contribution in [3.05, 3.63) is 54.2 Å². The van der Waals surface area contributed by atoms with E-state index in [1.807, 2.05) is 22.1 Å². The summed E-state index contributed by atoms with van der Waals surface area (Å²) in [6.45, 7) is 7.51. The Labute approximate surface area is 253 Å². The van der Waals surface area contributed by atoms with E-state index in [2.05, 4.69) is 22.9 Å². The SMILES string of the molecule is CCN1CCC2(CN(Cc3cccnc3)CC23CCN(C(=O)c2ccco2)CC3)C1=O.O=C(O)C(F)(F)F.O=C(O)C(F)(F)F. The van der Waals surface area contributed by atoms with Crippen molar-refractivity contribution >= 4 is 23.8 Å². The van der Waals surface area contributed by atoms with Gasteiger partial charge in [-0.2, -0.15) is 26.3 Å². The summed E-state index contributed by atoms with van der Waals surface area (Å²) in [5.41, 5.74) is 0.749. The number of carboxylic acids is 2. The van der Waals surface area contributed by atoms with Crippen LogP contribution in [-0.2, 0) is 20.9 Å². The molecule has 45 heavy (non-hydrogen) atoms. The van der Waals surface area contributed by atoms with Crippen LogP contribution in [0.3, 0.4) is 0 Å². The zero-order valence-corrected chi connectivity index (χ0v) is 24.1. The second-order valence-electron chi connectivity index (χ2n) is 10.9. The summed E-state index contributed by atoms with van der Waals surface area (Å²) in [6.07, 6.45) is -2.30. The van der Waals surface area contributed by atoms with E-state index in [0.717, 1.165) is 52.0 Å². The molecule has 1 unspecified atom stereocenters.